The Kier molecular flexibility index (Phi) is 5.58. The molecular weight excluding hydrogens is 386 g/mol. The molecule has 0 N–H and O–H groups in total. The summed E-state index contributed by atoms with van der Waals surface area (Å²) in [6.45, 7) is 3.30. The molecule has 0 unspecified atom stereocenters. The van der Waals surface area contributed by atoms with Crippen LogP contribution >= 0.6 is 0 Å². The van der Waals surface area contributed by atoms with Gasteiger partial charge in [-0.25, -0.2) is 4.79 Å². The highest BCUT2D eigenvalue weighted by molar-refractivity contribution is 5.94. The summed E-state index contributed by atoms with van der Waals surface area (Å²) in [6, 6.07) is 28.6. The second-order valence-corrected chi connectivity index (χ2v) is 8.34. The zero-order valence-corrected chi connectivity index (χ0v) is 17.6. The molecule has 0 radical (unpaired) electrons. The van der Waals surface area contributed by atoms with E-state index in [0.29, 0.717) is 6.61 Å². The number of hydrogen-bond acceptors (Lipinski definition) is 4. The molecule has 158 valence electrons. The number of carbonyl (C=O) groups excluding carboxylic acids is 1. The smallest absolute Gasteiger partial charge is 0.339 e. The molecule has 2 aliphatic rings. The molecule has 31 heavy (non-hydrogen) atoms. The minimum Gasteiger partial charge on any atom is -0.450 e. The quantitative estimate of drug-likeness (QED) is 0.536. The van der Waals surface area contributed by atoms with E-state index >= 15 is 0 Å². The molecule has 0 atom stereocenters. The second kappa shape index (κ2) is 8.66. The van der Waals surface area contributed by atoms with Crippen LogP contribution < -0.4 is 0 Å². The molecule has 1 fully saturated rings. The highest BCUT2D eigenvalue weighted by Gasteiger charge is 2.46. The van der Waals surface area contributed by atoms with Gasteiger partial charge in [-0.15, -0.1) is 0 Å². The lowest BCUT2D eigenvalue weighted by atomic mass is 9.84. The fourth-order valence-electron chi connectivity index (χ4n) is 4.80. The molecule has 5 rings (SSSR count). The molecule has 1 saturated heterocycles. The van der Waals surface area contributed by atoms with Gasteiger partial charge in [-0.1, -0.05) is 78.9 Å². The lowest BCUT2D eigenvalue weighted by molar-refractivity contribution is -0.0474. The normalized spacial score (nSPS) is 17.6. The number of fused-ring (bicyclic) bond motifs is 2. The highest BCUT2D eigenvalue weighted by Crippen LogP contribution is 2.43. The van der Waals surface area contributed by atoms with Crippen molar-refractivity contribution in [1.82, 2.24) is 4.90 Å². The minimum absolute atomic E-state index is 0.0683. The number of carbonyl (C=O) groups is 1. The third kappa shape index (κ3) is 4.01. The van der Waals surface area contributed by atoms with Gasteiger partial charge in [0.1, 0.15) is 11.7 Å². The predicted molar refractivity (Wildman–Crippen MR) is 120 cm³/mol. The number of hydrogen-bond donors (Lipinski definition) is 0. The summed E-state index contributed by atoms with van der Waals surface area (Å²) in [7, 11) is 0. The number of esters is 1. The monoisotopic (exact) mass is 413 g/mol. The maximum Gasteiger partial charge on any atom is 0.339 e. The third-order valence-electron chi connectivity index (χ3n) is 6.49. The van der Waals surface area contributed by atoms with Crippen LogP contribution in [-0.4, -0.2) is 37.1 Å². The number of ether oxygens (including phenoxy) is 2. The molecule has 0 aliphatic carbocycles. The Labute approximate surface area is 183 Å². The second-order valence-electron chi connectivity index (χ2n) is 8.34. The van der Waals surface area contributed by atoms with Gasteiger partial charge in [0.15, 0.2) is 0 Å². The summed E-state index contributed by atoms with van der Waals surface area (Å²) in [6.07, 6.45) is 1.59. The molecule has 2 aliphatic heterocycles. The first-order valence-electron chi connectivity index (χ1n) is 11.0. The Bertz CT molecular complexity index is 987. The summed E-state index contributed by atoms with van der Waals surface area (Å²) >= 11 is 0. The first kappa shape index (κ1) is 20.0. The van der Waals surface area contributed by atoms with E-state index < -0.39 is 5.60 Å². The number of nitrogens with zero attached hydrogens (tertiary/aromatic N) is 1. The van der Waals surface area contributed by atoms with Crippen LogP contribution in [0.1, 0.15) is 46.0 Å². The van der Waals surface area contributed by atoms with E-state index in [1.165, 1.54) is 11.1 Å². The SMILES string of the molecule is O=C1OC2(CCN(CCOC(c3ccccc3)c3ccccc3)CC2)c2ccccc21. The van der Waals surface area contributed by atoms with Crippen molar-refractivity contribution in [1.29, 1.82) is 0 Å². The van der Waals surface area contributed by atoms with Gasteiger partial charge in [0.05, 0.1) is 12.2 Å². The molecule has 0 saturated carbocycles. The molecule has 0 bridgehead atoms. The molecule has 4 heteroatoms. The van der Waals surface area contributed by atoms with Gasteiger partial charge >= 0.3 is 5.97 Å². The maximum absolute atomic E-state index is 12.3. The van der Waals surface area contributed by atoms with E-state index in [0.717, 1.165) is 43.6 Å². The molecule has 2 heterocycles. The molecule has 3 aromatic rings. The van der Waals surface area contributed by atoms with E-state index in [1.54, 1.807) is 0 Å². The first-order chi connectivity index (χ1) is 15.3. The van der Waals surface area contributed by atoms with Crippen LogP contribution in [0.3, 0.4) is 0 Å². The zero-order valence-electron chi connectivity index (χ0n) is 17.6. The van der Waals surface area contributed by atoms with Crippen molar-refractivity contribution < 1.29 is 14.3 Å². The van der Waals surface area contributed by atoms with Crippen LogP contribution in [0, 0.1) is 0 Å². The summed E-state index contributed by atoms with van der Waals surface area (Å²) < 4.78 is 12.3. The van der Waals surface area contributed by atoms with Crippen LogP contribution in [-0.2, 0) is 15.1 Å². The fraction of sp³-hybridized carbons (Fsp3) is 0.296. The van der Waals surface area contributed by atoms with Crippen LogP contribution in [0.15, 0.2) is 84.9 Å². The van der Waals surface area contributed by atoms with Crippen molar-refractivity contribution in [2.45, 2.75) is 24.5 Å². The molecule has 1 spiro atoms. The topological polar surface area (TPSA) is 38.8 Å². The number of piperidine rings is 1. The average Bonchev–Trinajstić information content (AvgIpc) is 3.11. The van der Waals surface area contributed by atoms with Crippen molar-refractivity contribution in [3.8, 4) is 0 Å². The molecule has 3 aromatic carbocycles. The molecule has 0 amide bonds. The van der Waals surface area contributed by atoms with Gasteiger partial charge in [-0.05, 0) is 17.2 Å². The Morgan fingerprint density at radius 1 is 0.839 bits per heavy atom. The zero-order chi connectivity index (χ0) is 21.1. The van der Waals surface area contributed by atoms with Crippen LogP contribution in [0.2, 0.25) is 0 Å². The van der Waals surface area contributed by atoms with E-state index in [9.17, 15) is 4.79 Å². The first-order valence-corrected chi connectivity index (χ1v) is 11.0. The lowest BCUT2D eigenvalue weighted by Gasteiger charge is -2.38. The number of benzene rings is 3. The third-order valence-corrected chi connectivity index (χ3v) is 6.49. The van der Waals surface area contributed by atoms with Crippen LogP contribution in [0.25, 0.3) is 0 Å². The Morgan fingerprint density at radius 2 is 1.42 bits per heavy atom. The summed E-state index contributed by atoms with van der Waals surface area (Å²) in [4.78, 5) is 14.7. The summed E-state index contributed by atoms with van der Waals surface area (Å²) in [5, 5.41) is 0. The molecule has 0 aromatic heterocycles. The lowest BCUT2D eigenvalue weighted by Crippen LogP contribution is -2.44. The van der Waals surface area contributed by atoms with Gasteiger partial charge in [0, 0.05) is 38.0 Å². The van der Waals surface area contributed by atoms with Crippen molar-refractivity contribution in [3.63, 3.8) is 0 Å². The van der Waals surface area contributed by atoms with E-state index in [-0.39, 0.29) is 12.1 Å². The van der Waals surface area contributed by atoms with E-state index in [2.05, 4.69) is 53.4 Å². The fourth-order valence-corrected chi connectivity index (χ4v) is 4.80. The Hall–Kier alpha value is -2.95. The molecular formula is C27H27NO3. The van der Waals surface area contributed by atoms with Crippen molar-refractivity contribution in [3.05, 3.63) is 107 Å². The predicted octanol–water partition coefficient (Wildman–Crippen LogP) is 4.95. The van der Waals surface area contributed by atoms with Gasteiger partial charge in [0.25, 0.3) is 0 Å². The van der Waals surface area contributed by atoms with E-state index in [1.807, 2.05) is 36.4 Å². The standard InChI is InChI=1S/C27H27NO3/c29-26-23-13-7-8-14-24(23)27(31-26)15-17-28(18-16-27)19-20-30-25(21-9-3-1-4-10-21)22-11-5-2-6-12-22/h1-14,25H,15-20H2. The maximum atomic E-state index is 12.3. The van der Waals surface area contributed by atoms with Crippen LogP contribution in [0.5, 0.6) is 0 Å². The average molecular weight is 414 g/mol. The van der Waals surface area contributed by atoms with Crippen molar-refractivity contribution in [2.24, 2.45) is 0 Å². The largest absolute Gasteiger partial charge is 0.450 e. The van der Waals surface area contributed by atoms with Crippen molar-refractivity contribution in [2.75, 3.05) is 26.2 Å². The Morgan fingerprint density at radius 3 is 2.06 bits per heavy atom. The minimum atomic E-state index is -0.443. The van der Waals surface area contributed by atoms with Gasteiger partial charge in [-0.2, -0.15) is 0 Å². The Balaban J connectivity index is 1.20. The van der Waals surface area contributed by atoms with Crippen molar-refractivity contribution >= 4 is 5.97 Å². The van der Waals surface area contributed by atoms with Gasteiger partial charge in [-0.3, -0.25) is 0 Å². The highest BCUT2D eigenvalue weighted by atomic mass is 16.6. The number of likely N-dealkylation sites (tertiary alicyclic amines) is 1. The van der Waals surface area contributed by atoms with Crippen LogP contribution in [0.4, 0.5) is 0 Å². The summed E-state index contributed by atoms with van der Waals surface area (Å²) in [5.41, 5.74) is 3.68. The van der Waals surface area contributed by atoms with Gasteiger partial charge in [0.2, 0.25) is 0 Å². The van der Waals surface area contributed by atoms with E-state index in [4.69, 9.17) is 9.47 Å². The molecule has 4 nitrogen and oxygen atoms in total. The summed E-state index contributed by atoms with van der Waals surface area (Å²) in [5.74, 6) is -0.180. The van der Waals surface area contributed by atoms with Gasteiger partial charge < -0.3 is 14.4 Å². The number of rotatable bonds is 6.